The van der Waals surface area contributed by atoms with Gasteiger partial charge in [0.05, 0.1) is 18.5 Å². The van der Waals surface area contributed by atoms with Crippen LogP contribution in [0.5, 0.6) is 5.75 Å². The van der Waals surface area contributed by atoms with Gasteiger partial charge >= 0.3 is 5.69 Å². The van der Waals surface area contributed by atoms with Gasteiger partial charge < -0.3 is 25.8 Å². The largest absolute Gasteiger partial charge is 0.497 e. The van der Waals surface area contributed by atoms with Gasteiger partial charge in [0, 0.05) is 12.3 Å². The Balaban J connectivity index is 2.23. The van der Waals surface area contributed by atoms with E-state index in [2.05, 4.69) is 15.3 Å². The molecule has 94 valence electrons. The summed E-state index contributed by atoms with van der Waals surface area (Å²) in [6.07, 6.45) is 1.29. The van der Waals surface area contributed by atoms with E-state index < -0.39 is 11.6 Å². The maximum atomic E-state index is 11.8. The van der Waals surface area contributed by atoms with Gasteiger partial charge in [0.2, 0.25) is 0 Å². The van der Waals surface area contributed by atoms with Crippen LogP contribution in [0.25, 0.3) is 0 Å². The normalized spacial score (nSPS) is 10.1. The van der Waals surface area contributed by atoms with Crippen molar-refractivity contribution in [3.05, 3.63) is 40.6 Å². The Labute approximate surface area is 102 Å². The van der Waals surface area contributed by atoms with Crippen molar-refractivity contribution in [2.45, 2.75) is 0 Å². The number of rotatable bonds is 3. The fourth-order valence-corrected chi connectivity index (χ4v) is 1.41. The molecule has 1 amide bonds. The summed E-state index contributed by atoms with van der Waals surface area (Å²) in [7, 11) is 1.51. The molecule has 5 N–H and O–H groups in total. The lowest BCUT2D eigenvalue weighted by atomic mass is 10.2. The molecule has 0 aliphatic carbocycles. The summed E-state index contributed by atoms with van der Waals surface area (Å²) >= 11 is 0. The number of methoxy groups -OCH3 is 1. The second-order valence-electron chi connectivity index (χ2n) is 3.56. The third-order valence-electron chi connectivity index (χ3n) is 2.35. The highest BCUT2D eigenvalue weighted by molar-refractivity contribution is 6.04. The number of H-pyrrole nitrogens is 2. The second-order valence-corrected chi connectivity index (χ2v) is 3.56. The van der Waals surface area contributed by atoms with E-state index in [0.29, 0.717) is 17.1 Å². The zero-order chi connectivity index (χ0) is 13.1. The highest BCUT2D eigenvalue weighted by atomic mass is 16.5. The first-order valence-electron chi connectivity index (χ1n) is 5.12. The predicted molar refractivity (Wildman–Crippen MR) is 66.8 cm³/mol. The third kappa shape index (κ3) is 2.34. The average Bonchev–Trinajstić information content (AvgIpc) is 2.79. The van der Waals surface area contributed by atoms with E-state index in [9.17, 15) is 9.59 Å². The molecule has 0 bridgehead atoms. The van der Waals surface area contributed by atoms with Crippen LogP contribution >= 0.6 is 0 Å². The van der Waals surface area contributed by atoms with Gasteiger partial charge in [0.25, 0.3) is 5.91 Å². The van der Waals surface area contributed by atoms with E-state index in [1.54, 1.807) is 18.2 Å². The summed E-state index contributed by atoms with van der Waals surface area (Å²) in [6.45, 7) is 0. The van der Waals surface area contributed by atoms with Gasteiger partial charge in [0.15, 0.2) is 0 Å². The molecule has 2 aromatic rings. The molecule has 0 aliphatic rings. The number of nitrogens with two attached hydrogens (primary N) is 1. The molecule has 0 aliphatic heterocycles. The van der Waals surface area contributed by atoms with Crippen LogP contribution in [0.4, 0.5) is 11.4 Å². The Morgan fingerprint density at radius 3 is 2.83 bits per heavy atom. The van der Waals surface area contributed by atoms with Crippen molar-refractivity contribution >= 4 is 17.3 Å². The number of benzene rings is 1. The number of carbonyl (C=O) groups excluding carboxylic acids is 1. The van der Waals surface area contributed by atoms with Crippen molar-refractivity contribution in [1.82, 2.24) is 9.97 Å². The maximum Gasteiger partial charge on any atom is 0.323 e. The van der Waals surface area contributed by atoms with Gasteiger partial charge in [-0.05, 0) is 12.1 Å². The Morgan fingerprint density at radius 2 is 2.22 bits per heavy atom. The topological polar surface area (TPSA) is 113 Å². The molecule has 2 rings (SSSR count). The van der Waals surface area contributed by atoms with Gasteiger partial charge in [0.1, 0.15) is 11.4 Å². The van der Waals surface area contributed by atoms with E-state index in [1.807, 2.05) is 0 Å². The van der Waals surface area contributed by atoms with Gasteiger partial charge in [-0.2, -0.15) is 0 Å². The molecule has 18 heavy (non-hydrogen) atoms. The van der Waals surface area contributed by atoms with Gasteiger partial charge in [-0.25, -0.2) is 4.79 Å². The number of imidazole rings is 1. The summed E-state index contributed by atoms with van der Waals surface area (Å²) in [5, 5.41) is 2.58. The molecule has 0 saturated heterocycles. The minimum absolute atomic E-state index is 0.127. The minimum Gasteiger partial charge on any atom is -0.497 e. The summed E-state index contributed by atoms with van der Waals surface area (Å²) in [5.41, 5.74) is 6.23. The van der Waals surface area contributed by atoms with E-state index in [-0.39, 0.29) is 5.69 Å². The molecular formula is C11H12N4O3. The molecular weight excluding hydrogens is 236 g/mol. The number of nitrogens with one attached hydrogen (secondary N) is 3. The number of nitrogen functional groups attached to an aromatic ring is 1. The molecule has 0 radical (unpaired) electrons. The lowest BCUT2D eigenvalue weighted by Gasteiger charge is -2.08. The van der Waals surface area contributed by atoms with Gasteiger partial charge in [-0.15, -0.1) is 0 Å². The number of hydrogen-bond donors (Lipinski definition) is 4. The van der Waals surface area contributed by atoms with Crippen LogP contribution < -0.4 is 21.5 Å². The maximum absolute atomic E-state index is 11.8. The molecule has 1 aromatic carbocycles. The Morgan fingerprint density at radius 1 is 1.44 bits per heavy atom. The Hall–Kier alpha value is -2.70. The van der Waals surface area contributed by atoms with E-state index in [0.717, 1.165) is 0 Å². The Kier molecular flexibility index (Phi) is 3.05. The molecule has 7 nitrogen and oxygen atoms in total. The second kappa shape index (κ2) is 4.66. The molecule has 7 heteroatoms. The molecule has 0 spiro atoms. The number of hydrogen-bond acceptors (Lipinski definition) is 4. The fraction of sp³-hybridized carbons (Fsp3) is 0.0909. The number of anilines is 2. The number of amides is 1. The van der Waals surface area contributed by atoms with Gasteiger partial charge in [-0.3, -0.25) is 4.79 Å². The van der Waals surface area contributed by atoms with Crippen LogP contribution in [-0.2, 0) is 0 Å². The van der Waals surface area contributed by atoms with Crippen LogP contribution in [0.1, 0.15) is 10.5 Å². The minimum atomic E-state index is -0.465. The quantitative estimate of drug-likeness (QED) is 0.594. The van der Waals surface area contributed by atoms with E-state index in [4.69, 9.17) is 10.5 Å². The number of aromatic nitrogens is 2. The number of ether oxygens (including phenoxy) is 1. The summed E-state index contributed by atoms with van der Waals surface area (Å²) in [5.74, 6) is 0.107. The first kappa shape index (κ1) is 11.8. The van der Waals surface area contributed by atoms with Crippen molar-refractivity contribution in [2.75, 3.05) is 18.2 Å². The highest BCUT2D eigenvalue weighted by Crippen LogP contribution is 2.24. The van der Waals surface area contributed by atoms with Crippen molar-refractivity contribution in [3.8, 4) is 5.75 Å². The van der Waals surface area contributed by atoms with Crippen LogP contribution in [0.15, 0.2) is 29.2 Å². The lowest BCUT2D eigenvalue weighted by Crippen LogP contribution is -2.15. The van der Waals surface area contributed by atoms with Gasteiger partial charge in [-0.1, -0.05) is 0 Å². The zero-order valence-electron chi connectivity index (χ0n) is 9.61. The first-order valence-corrected chi connectivity index (χ1v) is 5.12. The summed E-state index contributed by atoms with van der Waals surface area (Å²) < 4.78 is 5.03. The molecule has 0 unspecified atom stereocenters. The first-order chi connectivity index (χ1) is 8.60. The lowest BCUT2D eigenvalue weighted by molar-refractivity contribution is 0.102. The number of carbonyl (C=O) groups is 1. The zero-order valence-corrected chi connectivity index (χ0v) is 9.61. The van der Waals surface area contributed by atoms with Crippen LogP contribution in [0, 0.1) is 0 Å². The molecule has 1 aromatic heterocycles. The average molecular weight is 248 g/mol. The van der Waals surface area contributed by atoms with E-state index >= 15 is 0 Å². The van der Waals surface area contributed by atoms with Crippen LogP contribution in [0.2, 0.25) is 0 Å². The van der Waals surface area contributed by atoms with Crippen LogP contribution in [-0.4, -0.2) is 23.0 Å². The SMILES string of the molecule is COc1ccc(N)c(NC(=O)c2c[nH]c(=O)[nH]2)c1. The monoisotopic (exact) mass is 248 g/mol. The fourth-order valence-electron chi connectivity index (χ4n) is 1.41. The number of aromatic amines is 2. The summed E-state index contributed by atoms with van der Waals surface area (Å²) in [6, 6.07) is 4.90. The van der Waals surface area contributed by atoms with Crippen molar-refractivity contribution in [3.63, 3.8) is 0 Å². The van der Waals surface area contributed by atoms with Crippen molar-refractivity contribution in [2.24, 2.45) is 0 Å². The molecule has 0 fully saturated rings. The Bertz CT molecular complexity index is 629. The van der Waals surface area contributed by atoms with Crippen molar-refractivity contribution < 1.29 is 9.53 Å². The van der Waals surface area contributed by atoms with E-state index in [1.165, 1.54) is 13.3 Å². The molecule has 0 saturated carbocycles. The molecule has 1 heterocycles. The molecule has 0 atom stereocenters. The third-order valence-corrected chi connectivity index (χ3v) is 2.35. The van der Waals surface area contributed by atoms with Crippen molar-refractivity contribution in [1.29, 1.82) is 0 Å². The summed E-state index contributed by atoms with van der Waals surface area (Å²) in [4.78, 5) is 27.4. The standard InChI is InChI=1S/C11H12N4O3/c1-18-6-2-3-7(12)8(4-6)14-10(16)9-5-13-11(17)15-9/h2-5H,12H2,1H3,(H,14,16)(H2,13,15,17). The highest BCUT2D eigenvalue weighted by Gasteiger charge is 2.10. The predicted octanol–water partition coefficient (Wildman–Crippen LogP) is 0.546. The smallest absolute Gasteiger partial charge is 0.323 e. The van der Waals surface area contributed by atoms with Crippen LogP contribution in [0.3, 0.4) is 0 Å².